The van der Waals surface area contributed by atoms with Gasteiger partial charge in [0.2, 0.25) is 0 Å². The number of nitrogens with two attached hydrogens (primary N) is 2. The summed E-state index contributed by atoms with van der Waals surface area (Å²) in [7, 11) is 0. The molecule has 20 heavy (non-hydrogen) atoms. The maximum atomic E-state index is 14.1. The number of anilines is 2. The van der Waals surface area contributed by atoms with Crippen molar-refractivity contribution in [2.24, 2.45) is 5.73 Å². The number of hydrogen-bond acceptors (Lipinski definition) is 4. The molecule has 1 amide bonds. The zero-order valence-corrected chi connectivity index (χ0v) is 11.6. The second kappa shape index (κ2) is 6.09. The van der Waals surface area contributed by atoms with Crippen LogP contribution in [-0.2, 0) is 4.74 Å². The summed E-state index contributed by atoms with van der Waals surface area (Å²) in [6.45, 7) is 3.88. The fourth-order valence-corrected chi connectivity index (χ4v) is 2.46. The second-order valence-electron chi connectivity index (χ2n) is 4.93. The van der Waals surface area contributed by atoms with Crippen molar-refractivity contribution in [1.82, 2.24) is 0 Å². The highest BCUT2D eigenvalue weighted by Crippen LogP contribution is 2.26. The van der Waals surface area contributed by atoms with Crippen molar-refractivity contribution in [2.45, 2.75) is 25.9 Å². The molecule has 1 aliphatic rings. The van der Waals surface area contributed by atoms with Gasteiger partial charge < -0.3 is 21.1 Å². The highest BCUT2D eigenvalue weighted by molar-refractivity contribution is 5.99. The maximum Gasteiger partial charge on any atom is 0.250 e. The Labute approximate surface area is 117 Å². The number of hydrogen-bond donors (Lipinski definition) is 2. The maximum absolute atomic E-state index is 14.1. The lowest BCUT2D eigenvalue weighted by molar-refractivity contribution is 0.100. The number of halogens is 1. The van der Waals surface area contributed by atoms with Gasteiger partial charge in [0, 0.05) is 25.4 Å². The van der Waals surface area contributed by atoms with Gasteiger partial charge in [-0.05, 0) is 31.9 Å². The van der Waals surface area contributed by atoms with E-state index in [0.29, 0.717) is 18.8 Å². The average Bonchev–Trinajstić information content (AvgIpc) is 2.89. The van der Waals surface area contributed by atoms with Crippen LogP contribution in [-0.4, -0.2) is 31.7 Å². The number of ether oxygens (including phenoxy) is 1. The highest BCUT2D eigenvalue weighted by Gasteiger charge is 2.22. The molecular weight excluding hydrogens is 261 g/mol. The molecule has 110 valence electrons. The Morgan fingerprint density at radius 3 is 2.85 bits per heavy atom. The first-order valence-electron chi connectivity index (χ1n) is 6.78. The number of primary amides is 1. The minimum Gasteiger partial charge on any atom is -0.398 e. The van der Waals surface area contributed by atoms with Crippen LogP contribution in [0.2, 0.25) is 0 Å². The van der Waals surface area contributed by atoms with Crippen LogP contribution < -0.4 is 16.4 Å². The summed E-state index contributed by atoms with van der Waals surface area (Å²) in [6, 6.07) is 2.57. The van der Waals surface area contributed by atoms with Gasteiger partial charge in [0.15, 0.2) is 0 Å². The van der Waals surface area contributed by atoms with Gasteiger partial charge in [0.1, 0.15) is 5.82 Å². The van der Waals surface area contributed by atoms with Crippen LogP contribution in [0.5, 0.6) is 0 Å². The van der Waals surface area contributed by atoms with Crippen LogP contribution in [0.15, 0.2) is 12.1 Å². The van der Waals surface area contributed by atoms with E-state index in [1.165, 1.54) is 6.07 Å². The number of carbonyl (C=O) groups excluding carboxylic acids is 1. The van der Waals surface area contributed by atoms with Crippen LogP contribution >= 0.6 is 0 Å². The molecule has 1 fully saturated rings. The Morgan fingerprint density at radius 1 is 1.55 bits per heavy atom. The summed E-state index contributed by atoms with van der Waals surface area (Å²) in [5.74, 6) is -1.11. The van der Waals surface area contributed by atoms with Gasteiger partial charge in [0.05, 0.1) is 17.4 Å². The minimum atomic E-state index is -0.656. The molecule has 2 rings (SSSR count). The van der Waals surface area contributed by atoms with E-state index in [2.05, 4.69) is 0 Å². The van der Waals surface area contributed by atoms with Crippen molar-refractivity contribution < 1.29 is 13.9 Å². The normalized spacial score (nSPS) is 18.2. The molecule has 4 N–H and O–H groups in total. The first-order valence-corrected chi connectivity index (χ1v) is 6.78. The highest BCUT2D eigenvalue weighted by atomic mass is 19.1. The Morgan fingerprint density at radius 2 is 2.30 bits per heavy atom. The number of nitrogens with zero attached hydrogens (tertiary/aromatic N) is 1. The molecule has 1 saturated heterocycles. The molecule has 0 bridgehead atoms. The van der Waals surface area contributed by atoms with Gasteiger partial charge in [0.25, 0.3) is 5.91 Å². The van der Waals surface area contributed by atoms with E-state index < -0.39 is 11.7 Å². The van der Waals surface area contributed by atoms with Gasteiger partial charge >= 0.3 is 0 Å². The summed E-state index contributed by atoms with van der Waals surface area (Å²) in [6.07, 6.45) is 2.10. The predicted molar refractivity (Wildman–Crippen MR) is 76.2 cm³/mol. The third-order valence-electron chi connectivity index (χ3n) is 3.55. The molecule has 1 aromatic carbocycles. The molecule has 0 radical (unpaired) electrons. The second-order valence-corrected chi connectivity index (χ2v) is 4.93. The van der Waals surface area contributed by atoms with Crippen molar-refractivity contribution in [3.05, 3.63) is 23.5 Å². The topological polar surface area (TPSA) is 81.6 Å². The monoisotopic (exact) mass is 281 g/mol. The molecule has 0 spiro atoms. The largest absolute Gasteiger partial charge is 0.398 e. The molecule has 0 aromatic heterocycles. The third kappa shape index (κ3) is 3.01. The van der Waals surface area contributed by atoms with Gasteiger partial charge in [-0.1, -0.05) is 0 Å². The van der Waals surface area contributed by atoms with Crippen molar-refractivity contribution >= 4 is 17.3 Å². The lowest BCUT2D eigenvalue weighted by Gasteiger charge is -2.27. The fourth-order valence-electron chi connectivity index (χ4n) is 2.46. The smallest absolute Gasteiger partial charge is 0.250 e. The standard InChI is InChI=1S/C14H20FN3O2/c1-2-18(8-9-4-3-5-20-9)13-6-10(14(17)19)12(16)7-11(13)15/h6-7,9H,2-5,8,16H2,1H3,(H2,17,19). The first-order chi connectivity index (χ1) is 9.52. The van der Waals surface area contributed by atoms with Gasteiger partial charge in [-0.3, -0.25) is 4.79 Å². The molecule has 6 heteroatoms. The fraction of sp³-hybridized carbons (Fsp3) is 0.500. The summed E-state index contributed by atoms with van der Waals surface area (Å²) < 4.78 is 19.7. The zero-order chi connectivity index (χ0) is 14.7. The van der Waals surface area contributed by atoms with Crippen molar-refractivity contribution in [3.63, 3.8) is 0 Å². The van der Waals surface area contributed by atoms with E-state index in [0.717, 1.165) is 25.5 Å². The van der Waals surface area contributed by atoms with Crippen LogP contribution in [0.1, 0.15) is 30.1 Å². The molecule has 1 heterocycles. The molecule has 1 aromatic rings. The molecule has 0 saturated carbocycles. The average molecular weight is 281 g/mol. The molecule has 1 aliphatic heterocycles. The molecule has 0 aliphatic carbocycles. The SMILES string of the molecule is CCN(CC1CCCO1)c1cc(C(N)=O)c(N)cc1F. The first kappa shape index (κ1) is 14.6. The van der Waals surface area contributed by atoms with Crippen LogP contribution in [0.25, 0.3) is 0 Å². The number of likely N-dealkylation sites (N-methyl/N-ethyl adjacent to an activating group) is 1. The number of carbonyl (C=O) groups is 1. The van der Waals surface area contributed by atoms with Gasteiger partial charge in [-0.25, -0.2) is 4.39 Å². The zero-order valence-electron chi connectivity index (χ0n) is 11.6. The Balaban J connectivity index is 2.28. The van der Waals surface area contributed by atoms with Crippen molar-refractivity contribution in [1.29, 1.82) is 0 Å². The number of benzene rings is 1. The lowest BCUT2D eigenvalue weighted by atomic mass is 10.1. The van der Waals surface area contributed by atoms with E-state index in [-0.39, 0.29) is 17.4 Å². The van der Waals surface area contributed by atoms with Crippen molar-refractivity contribution in [2.75, 3.05) is 30.3 Å². The molecule has 1 atom stereocenters. The van der Waals surface area contributed by atoms with Gasteiger partial charge in [-0.2, -0.15) is 0 Å². The number of amides is 1. The summed E-state index contributed by atoms with van der Waals surface area (Å²) in [4.78, 5) is 13.2. The van der Waals surface area contributed by atoms with Crippen LogP contribution in [0.3, 0.4) is 0 Å². The predicted octanol–water partition coefficient (Wildman–Crippen LogP) is 1.51. The van der Waals surface area contributed by atoms with E-state index in [4.69, 9.17) is 16.2 Å². The van der Waals surface area contributed by atoms with Crippen LogP contribution in [0, 0.1) is 5.82 Å². The lowest BCUT2D eigenvalue weighted by Crippen LogP contribution is -2.33. The van der Waals surface area contributed by atoms with E-state index in [9.17, 15) is 9.18 Å². The van der Waals surface area contributed by atoms with Gasteiger partial charge in [-0.15, -0.1) is 0 Å². The van der Waals surface area contributed by atoms with E-state index >= 15 is 0 Å². The molecule has 1 unspecified atom stereocenters. The van der Waals surface area contributed by atoms with Crippen LogP contribution in [0.4, 0.5) is 15.8 Å². The Hall–Kier alpha value is -1.82. The summed E-state index contributed by atoms with van der Waals surface area (Å²) in [5, 5.41) is 0. The third-order valence-corrected chi connectivity index (χ3v) is 3.55. The quantitative estimate of drug-likeness (QED) is 0.802. The summed E-state index contributed by atoms with van der Waals surface area (Å²) >= 11 is 0. The van der Waals surface area contributed by atoms with Crippen molar-refractivity contribution in [3.8, 4) is 0 Å². The van der Waals surface area contributed by atoms with E-state index in [1.54, 1.807) is 0 Å². The van der Waals surface area contributed by atoms with E-state index in [1.807, 2.05) is 11.8 Å². The molecular formula is C14H20FN3O2. The molecule has 5 nitrogen and oxygen atoms in total. The summed E-state index contributed by atoms with van der Waals surface area (Å²) in [5.41, 5.74) is 11.4. The minimum absolute atomic E-state index is 0.0620. The Kier molecular flexibility index (Phi) is 4.44. The number of rotatable bonds is 5. The Bertz CT molecular complexity index is 501. The number of nitrogen functional groups attached to an aromatic ring is 1.